The number of aromatic nitrogens is 2. The number of hydrogen-bond donors (Lipinski definition) is 0. The first kappa shape index (κ1) is 23.9. The Kier molecular flexibility index (Phi) is 6.97. The zero-order valence-electron chi connectivity index (χ0n) is 20.0. The zero-order chi connectivity index (χ0) is 24.3. The topological polar surface area (TPSA) is 73.8 Å². The maximum atomic E-state index is 13.5. The van der Waals surface area contributed by atoms with E-state index in [0.717, 1.165) is 16.5 Å². The van der Waals surface area contributed by atoms with Gasteiger partial charge in [-0.25, -0.2) is 14.2 Å². The molecule has 1 saturated heterocycles. The molecular weight excluding hydrogens is 437 g/mol. The van der Waals surface area contributed by atoms with E-state index in [1.54, 1.807) is 24.1 Å². The number of para-hydroxylation sites is 1. The predicted molar refractivity (Wildman–Crippen MR) is 126 cm³/mol. The number of rotatable bonds is 5. The van der Waals surface area contributed by atoms with Crippen molar-refractivity contribution in [1.82, 2.24) is 14.9 Å². The fourth-order valence-corrected chi connectivity index (χ4v) is 4.16. The van der Waals surface area contributed by atoms with Gasteiger partial charge in [0, 0.05) is 12.5 Å². The summed E-state index contributed by atoms with van der Waals surface area (Å²) in [6.45, 7) is 6.54. The first-order valence-corrected chi connectivity index (χ1v) is 11.4. The number of nitrogens with zero attached hydrogens (tertiary/aromatic N) is 3. The van der Waals surface area contributed by atoms with Gasteiger partial charge in [-0.2, -0.15) is 4.98 Å². The van der Waals surface area contributed by atoms with Gasteiger partial charge < -0.3 is 19.1 Å². The summed E-state index contributed by atoms with van der Waals surface area (Å²) in [5.74, 6) is 0.673. The highest BCUT2D eigenvalue weighted by Crippen LogP contribution is 2.32. The third-order valence-corrected chi connectivity index (χ3v) is 5.74. The van der Waals surface area contributed by atoms with Gasteiger partial charge in [0.1, 0.15) is 18.0 Å². The van der Waals surface area contributed by atoms with Crippen molar-refractivity contribution in [3.63, 3.8) is 0 Å². The van der Waals surface area contributed by atoms with Gasteiger partial charge in [-0.1, -0.05) is 24.3 Å². The summed E-state index contributed by atoms with van der Waals surface area (Å²) < 4.78 is 30.8. The van der Waals surface area contributed by atoms with Crippen LogP contribution < -0.4 is 4.74 Å². The average Bonchev–Trinajstić information content (AvgIpc) is 2.81. The Balaban J connectivity index is 1.56. The number of likely N-dealkylation sites (tertiary alicyclic amines) is 1. The van der Waals surface area contributed by atoms with Crippen molar-refractivity contribution in [2.75, 3.05) is 20.2 Å². The Morgan fingerprint density at radius 1 is 1.12 bits per heavy atom. The SMILES string of the molecule is COc1nc(COC2CN(C(=O)OC(C)(C)C)CCC2c2ccc(F)cc2)nc2ccccc12. The van der Waals surface area contributed by atoms with Crippen LogP contribution in [-0.4, -0.2) is 52.9 Å². The average molecular weight is 468 g/mol. The molecule has 2 unspecified atom stereocenters. The Hall–Kier alpha value is -3.26. The van der Waals surface area contributed by atoms with Crippen molar-refractivity contribution in [1.29, 1.82) is 0 Å². The lowest BCUT2D eigenvalue weighted by molar-refractivity contribution is -0.0375. The number of methoxy groups -OCH3 is 1. The number of benzene rings is 2. The Labute approximate surface area is 198 Å². The molecule has 1 fully saturated rings. The number of hydrogen-bond acceptors (Lipinski definition) is 6. The fraction of sp³-hybridized carbons (Fsp3) is 0.423. The van der Waals surface area contributed by atoms with Crippen LogP contribution in [0.4, 0.5) is 9.18 Å². The smallest absolute Gasteiger partial charge is 0.410 e. The second kappa shape index (κ2) is 9.93. The van der Waals surface area contributed by atoms with Crippen LogP contribution in [0.25, 0.3) is 10.9 Å². The fourth-order valence-electron chi connectivity index (χ4n) is 4.16. The van der Waals surface area contributed by atoms with E-state index in [4.69, 9.17) is 14.2 Å². The third kappa shape index (κ3) is 5.62. The monoisotopic (exact) mass is 467 g/mol. The summed E-state index contributed by atoms with van der Waals surface area (Å²) in [4.78, 5) is 23.5. The molecule has 180 valence electrons. The molecule has 4 rings (SSSR count). The molecule has 8 heteroatoms. The molecule has 1 aromatic heterocycles. The molecule has 7 nitrogen and oxygen atoms in total. The van der Waals surface area contributed by atoms with Crippen LogP contribution in [0.1, 0.15) is 44.5 Å². The minimum atomic E-state index is -0.587. The first-order chi connectivity index (χ1) is 16.2. The Morgan fingerprint density at radius 3 is 2.56 bits per heavy atom. The second-order valence-electron chi connectivity index (χ2n) is 9.39. The number of fused-ring (bicyclic) bond motifs is 1. The molecule has 0 aliphatic carbocycles. The quantitative estimate of drug-likeness (QED) is 0.521. The summed E-state index contributed by atoms with van der Waals surface area (Å²) in [6, 6.07) is 14.1. The van der Waals surface area contributed by atoms with Crippen LogP contribution in [0.3, 0.4) is 0 Å². The molecule has 34 heavy (non-hydrogen) atoms. The predicted octanol–water partition coefficient (Wildman–Crippen LogP) is 5.09. The van der Waals surface area contributed by atoms with E-state index in [1.165, 1.54) is 12.1 Å². The van der Waals surface area contributed by atoms with Crippen molar-refractivity contribution >= 4 is 17.0 Å². The van der Waals surface area contributed by atoms with Gasteiger partial charge >= 0.3 is 6.09 Å². The third-order valence-electron chi connectivity index (χ3n) is 5.74. The van der Waals surface area contributed by atoms with E-state index in [9.17, 15) is 9.18 Å². The van der Waals surface area contributed by atoms with Gasteiger partial charge in [-0.15, -0.1) is 0 Å². The van der Waals surface area contributed by atoms with Gasteiger partial charge in [0.2, 0.25) is 5.88 Å². The zero-order valence-corrected chi connectivity index (χ0v) is 20.0. The molecule has 0 N–H and O–H groups in total. The van der Waals surface area contributed by atoms with Crippen molar-refractivity contribution in [3.05, 3.63) is 65.7 Å². The number of amides is 1. The first-order valence-electron chi connectivity index (χ1n) is 11.4. The molecule has 0 saturated carbocycles. The summed E-state index contributed by atoms with van der Waals surface area (Å²) in [5, 5.41) is 0.826. The molecule has 2 heterocycles. The molecule has 1 aliphatic rings. The summed E-state index contributed by atoms with van der Waals surface area (Å²) in [7, 11) is 1.57. The maximum Gasteiger partial charge on any atom is 0.410 e. The van der Waals surface area contributed by atoms with E-state index >= 15 is 0 Å². The van der Waals surface area contributed by atoms with Crippen molar-refractivity contribution in [2.24, 2.45) is 0 Å². The van der Waals surface area contributed by atoms with E-state index in [-0.39, 0.29) is 30.5 Å². The standard InChI is InChI=1S/C26H30FN3O4/c1-26(2,3)34-25(31)30-14-13-19(17-9-11-18(27)12-10-17)22(15-30)33-16-23-28-21-8-6-5-7-20(21)24(29-23)32-4/h5-12,19,22H,13-16H2,1-4H3. The number of carbonyl (C=O) groups excluding carboxylic acids is 1. The summed E-state index contributed by atoms with van der Waals surface area (Å²) in [5.41, 5.74) is 1.14. The van der Waals surface area contributed by atoms with Crippen LogP contribution in [0, 0.1) is 5.82 Å². The van der Waals surface area contributed by atoms with Crippen LogP contribution in [0.2, 0.25) is 0 Å². The van der Waals surface area contributed by atoms with Crippen molar-refractivity contribution < 1.29 is 23.4 Å². The summed E-state index contributed by atoms with van der Waals surface area (Å²) in [6.07, 6.45) is -0.0488. The lowest BCUT2D eigenvalue weighted by Crippen LogP contribution is -2.48. The molecule has 3 aromatic rings. The Bertz CT molecular complexity index is 1150. The summed E-state index contributed by atoms with van der Waals surface area (Å²) >= 11 is 0. The van der Waals surface area contributed by atoms with Gasteiger partial charge in [-0.05, 0) is 57.0 Å². The number of ether oxygens (including phenoxy) is 3. The van der Waals surface area contributed by atoms with Crippen molar-refractivity contribution in [2.45, 2.75) is 51.4 Å². The highest BCUT2D eigenvalue weighted by atomic mass is 19.1. The van der Waals surface area contributed by atoms with Crippen LogP contribution in [0.5, 0.6) is 5.88 Å². The minimum Gasteiger partial charge on any atom is -0.480 e. The molecule has 0 spiro atoms. The van der Waals surface area contributed by atoms with E-state index in [1.807, 2.05) is 45.0 Å². The normalized spacial score (nSPS) is 18.7. The molecule has 0 radical (unpaired) electrons. The number of carbonyl (C=O) groups is 1. The molecule has 2 aromatic carbocycles. The van der Waals surface area contributed by atoms with E-state index < -0.39 is 5.60 Å². The molecule has 0 bridgehead atoms. The number of halogens is 1. The minimum absolute atomic E-state index is 0.0124. The van der Waals surface area contributed by atoms with Crippen LogP contribution >= 0.6 is 0 Å². The Morgan fingerprint density at radius 2 is 1.85 bits per heavy atom. The van der Waals surface area contributed by atoms with Crippen LogP contribution in [-0.2, 0) is 16.1 Å². The largest absolute Gasteiger partial charge is 0.480 e. The molecule has 2 atom stereocenters. The van der Waals surface area contributed by atoms with Gasteiger partial charge in [-0.3, -0.25) is 0 Å². The van der Waals surface area contributed by atoms with Crippen LogP contribution in [0.15, 0.2) is 48.5 Å². The van der Waals surface area contributed by atoms with E-state index in [0.29, 0.717) is 31.2 Å². The van der Waals surface area contributed by atoms with Gasteiger partial charge in [0.15, 0.2) is 5.82 Å². The molecule has 1 amide bonds. The molecule has 1 aliphatic heterocycles. The lowest BCUT2D eigenvalue weighted by atomic mass is 9.87. The van der Waals surface area contributed by atoms with Gasteiger partial charge in [0.25, 0.3) is 0 Å². The van der Waals surface area contributed by atoms with Crippen molar-refractivity contribution in [3.8, 4) is 5.88 Å². The maximum absolute atomic E-state index is 13.5. The van der Waals surface area contributed by atoms with E-state index in [2.05, 4.69) is 9.97 Å². The number of piperidine rings is 1. The lowest BCUT2D eigenvalue weighted by Gasteiger charge is -2.39. The van der Waals surface area contributed by atoms with Gasteiger partial charge in [0.05, 0.1) is 30.7 Å². The second-order valence-corrected chi connectivity index (χ2v) is 9.39. The highest BCUT2D eigenvalue weighted by molar-refractivity contribution is 5.83. The molecular formula is C26H30FN3O4. The highest BCUT2D eigenvalue weighted by Gasteiger charge is 2.35.